The minimum Gasteiger partial charge on any atom is -0.481 e. The molecular formula is C14H15NO4. The predicted molar refractivity (Wildman–Crippen MR) is 70.0 cm³/mol. The molecule has 19 heavy (non-hydrogen) atoms. The fourth-order valence-electron chi connectivity index (χ4n) is 1.95. The number of carbonyl (C=O) groups excluding carboxylic acids is 1. The summed E-state index contributed by atoms with van der Waals surface area (Å²) in [6.45, 7) is 3.34. The molecule has 0 radical (unpaired) electrons. The van der Waals surface area contributed by atoms with Crippen LogP contribution in [-0.2, 0) is 4.79 Å². The smallest absolute Gasteiger partial charge is 0.305 e. The van der Waals surface area contributed by atoms with E-state index < -0.39 is 11.5 Å². The van der Waals surface area contributed by atoms with Crippen LogP contribution in [0.2, 0.25) is 0 Å². The molecule has 5 nitrogen and oxygen atoms in total. The molecule has 100 valence electrons. The molecule has 1 aromatic carbocycles. The maximum atomic E-state index is 12.2. The van der Waals surface area contributed by atoms with Crippen LogP contribution in [0.15, 0.2) is 34.9 Å². The van der Waals surface area contributed by atoms with E-state index in [9.17, 15) is 9.59 Å². The zero-order chi connectivity index (χ0) is 14.0. The van der Waals surface area contributed by atoms with Crippen LogP contribution in [-0.4, -0.2) is 22.5 Å². The molecule has 1 aromatic heterocycles. The van der Waals surface area contributed by atoms with Crippen molar-refractivity contribution in [3.63, 3.8) is 0 Å². The fourth-order valence-corrected chi connectivity index (χ4v) is 1.95. The molecule has 0 bridgehead atoms. The Hall–Kier alpha value is -2.30. The molecular weight excluding hydrogens is 246 g/mol. The normalized spacial score (nSPS) is 11.5. The first kappa shape index (κ1) is 13.1. The molecule has 0 saturated carbocycles. The molecule has 1 amide bonds. The fraction of sp³-hybridized carbons (Fsp3) is 0.286. The second kappa shape index (κ2) is 4.76. The summed E-state index contributed by atoms with van der Waals surface area (Å²) >= 11 is 0. The van der Waals surface area contributed by atoms with E-state index in [4.69, 9.17) is 9.52 Å². The Morgan fingerprint density at radius 2 is 2.00 bits per heavy atom. The second-order valence-electron chi connectivity index (χ2n) is 5.05. The Morgan fingerprint density at radius 3 is 2.68 bits per heavy atom. The number of para-hydroxylation sites is 1. The number of carboxylic acids is 1. The number of hydrogen-bond donors (Lipinski definition) is 2. The molecule has 0 aliphatic rings. The second-order valence-corrected chi connectivity index (χ2v) is 5.05. The van der Waals surface area contributed by atoms with Gasteiger partial charge in [-0.05, 0) is 19.9 Å². The van der Waals surface area contributed by atoms with E-state index in [0.717, 1.165) is 0 Å². The summed E-state index contributed by atoms with van der Waals surface area (Å²) in [6.07, 6.45) is 1.24. The standard InChI is InChI=1S/C14H15NO4/c1-14(2,7-12(16)17)15-13(18)10-8-19-11-6-4-3-5-9(10)11/h3-6,8H,7H2,1-2H3,(H,15,18)(H,16,17). The molecule has 0 atom stereocenters. The van der Waals surface area contributed by atoms with Crippen molar-refractivity contribution < 1.29 is 19.1 Å². The molecule has 0 spiro atoms. The van der Waals surface area contributed by atoms with Crippen LogP contribution in [0.3, 0.4) is 0 Å². The largest absolute Gasteiger partial charge is 0.481 e. The van der Waals surface area contributed by atoms with Gasteiger partial charge < -0.3 is 14.8 Å². The Morgan fingerprint density at radius 1 is 1.32 bits per heavy atom. The van der Waals surface area contributed by atoms with Gasteiger partial charge in [-0.25, -0.2) is 0 Å². The molecule has 0 unspecified atom stereocenters. The molecule has 5 heteroatoms. The lowest BCUT2D eigenvalue weighted by molar-refractivity contribution is -0.138. The first-order chi connectivity index (χ1) is 8.89. The molecule has 0 aliphatic heterocycles. The lowest BCUT2D eigenvalue weighted by Gasteiger charge is -2.23. The van der Waals surface area contributed by atoms with Gasteiger partial charge in [-0.1, -0.05) is 18.2 Å². The van der Waals surface area contributed by atoms with Crippen molar-refractivity contribution in [2.24, 2.45) is 0 Å². The number of carboxylic acid groups (broad SMARTS) is 1. The Kier molecular flexibility index (Phi) is 3.29. The quantitative estimate of drug-likeness (QED) is 0.885. The highest BCUT2D eigenvalue weighted by Gasteiger charge is 2.25. The van der Waals surface area contributed by atoms with Gasteiger partial charge in [0.25, 0.3) is 5.91 Å². The zero-order valence-electron chi connectivity index (χ0n) is 10.8. The number of aliphatic carboxylic acids is 1. The van der Waals surface area contributed by atoms with E-state index in [0.29, 0.717) is 16.5 Å². The summed E-state index contributed by atoms with van der Waals surface area (Å²) in [6, 6.07) is 7.20. The van der Waals surface area contributed by atoms with Crippen molar-refractivity contribution in [1.82, 2.24) is 5.32 Å². The molecule has 0 saturated heterocycles. The van der Waals surface area contributed by atoms with Crippen LogP contribution in [0.25, 0.3) is 11.0 Å². The summed E-state index contributed by atoms with van der Waals surface area (Å²) in [4.78, 5) is 22.9. The van der Waals surface area contributed by atoms with E-state index >= 15 is 0 Å². The van der Waals surface area contributed by atoms with Crippen molar-refractivity contribution in [1.29, 1.82) is 0 Å². The highest BCUT2D eigenvalue weighted by molar-refractivity contribution is 6.06. The van der Waals surface area contributed by atoms with Crippen LogP contribution >= 0.6 is 0 Å². The molecule has 0 fully saturated rings. The number of hydrogen-bond acceptors (Lipinski definition) is 3. The minimum atomic E-state index is -0.956. The molecule has 2 rings (SSSR count). The van der Waals surface area contributed by atoms with Gasteiger partial charge in [0.05, 0.1) is 12.0 Å². The van der Waals surface area contributed by atoms with Crippen molar-refractivity contribution in [2.75, 3.05) is 0 Å². The topological polar surface area (TPSA) is 79.5 Å². The maximum absolute atomic E-state index is 12.2. The van der Waals surface area contributed by atoms with E-state index in [2.05, 4.69) is 5.32 Å². The number of benzene rings is 1. The van der Waals surface area contributed by atoms with Crippen molar-refractivity contribution >= 4 is 22.8 Å². The van der Waals surface area contributed by atoms with Crippen molar-refractivity contribution in [2.45, 2.75) is 25.8 Å². The summed E-state index contributed by atoms with van der Waals surface area (Å²) in [5.41, 5.74) is 0.221. The van der Waals surface area contributed by atoms with Gasteiger partial charge in [0.1, 0.15) is 11.8 Å². The first-order valence-corrected chi connectivity index (χ1v) is 5.89. The van der Waals surface area contributed by atoms with Crippen LogP contribution in [0, 0.1) is 0 Å². The summed E-state index contributed by atoms with van der Waals surface area (Å²) < 4.78 is 5.29. The number of furan rings is 1. The summed E-state index contributed by atoms with van der Waals surface area (Å²) in [5.74, 6) is -1.29. The maximum Gasteiger partial charge on any atom is 0.305 e. The Labute approximate surface area is 110 Å². The third-order valence-corrected chi connectivity index (χ3v) is 2.77. The summed E-state index contributed by atoms with van der Waals surface area (Å²) in [7, 11) is 0. The Balaban J connectivity index is 2.23. The van der Waals surface area contributed by atoms with Gasteiger partial charge in [0.2, 0.25) is 0 Å². The molecule has 0 aliphatic carbocycles. The lowest BCUT2D eigenvalue weighted by atomic mass is 10.00. The molecule has 2 aromatic rings. The lowest BCUT2D eigenvalue weighted by Crippen LogP contribution is -2.44. The Bertz CT molecular complexity index is 627. The SMILES string of the molecule is CC(C)(CC(=O)O)NC(=O)c1coc2ccccc12. The average Bonchev–Trinajstić information content (AvgIpc) is 2.69. The van der Waals surface area contributed by atoms with Gasteiger partial charge in [0.15, 0.2) is 0 Å². The predicted octanol–water partition coefficient (Wildman–Crippen LogP) is 2.42. The highest BCUT2D eigenvalue weighted by atomic mass is 16.4. The van der Waals surface area contributed by atoms with Crippen LogP contribution in [0.4, 0.5) is 0 Å². The van der Waals surface area contributed by atoms with Gasteiger partial charge in [-0.3, -0.25) is 9.59 Å². The number of rotatable bonds is 4. The van der Waals surface area contributed by atoms with E-state index in [-0.39, 0.29) is 12.3 Å². The third-order valence-electron chi connectivity index (χ3n) is 2.77. The van der Waals surface area contributed by atoms with E-state index in [1.165, 1.54) is 6.26 Å². The number of carbonyl (C=O) groups is 2. The van der Waals surface area contributed by atoms with E-state index in [1.54, 1.807) is 26.0 Å². The number of fused-ring (bicyclic) bond motifs is 1. The average molecular weight is 261 g/mol. The van der Waals surface area contributed by atoms with Crippen LogP contribution in [0.1, 0.15) is 30.6 Å². The van der Waals surface area contributed by atoms with Crippen LogP contribution in [0.5, 0.6) is 0 Å². The van der Waals surface area contributed by atoms with Gasteiger partial charge in [-0.2, -0.15) is 0 Å². The summed E-state index contributed by atoms with van der Waals surface area (Å²) in [5, 5.41) is 12.2. The van der Waals surface area contributed by atoms with E-state index in [1.807, 2.05) is 12.1 Å². The van der Waals surface area contributed by atoms with Crippen molar-refractivity contribution in [3.05, 3.63) is 36.1 Å². The highest BCUT2D eigenvalue weighted by Crippen LogP contribution is 2.21. The van der Waals surface area contributed by atoms with Gasteiger partial charge in [0, 0.05) is 10.9 Å². The number of amides is 1. The number of nitrogens with one attached hydrogen (secondary N) is 1. The molecule has 2 N–H and O–H groups in total. The van der Waals surface area contributed by atoms with Crippen molar-refractivity contribution in [3.8, 4) is 0 Å². The van der Waals surface area contributed by atoms with Crippen LogP contribution < -0.4 is 5.32 Å². The monoisotopic (exact) mass is 261 g/mol. The third kappa shape index (κ3) is 2.93. The van der Waals surface area contributed by atoms with Gasteiger partial charge in [-0.15, -0.1) is 0 Å². The zero-order valence-corrected chi connectivity index (χ0v) is 10.8. The molecule has 1 heterocycles. The minimum absolute atomic E-state index is 0.144. The first-order valence-electron chi connectivity index (χ1n) is 5.89. The van der Waals surface area contributed by atoms with Gasteiger partial charge >= 0.3 is 5.97 Å².